The van der Waals surface area contributed by atoms with Crippen LogP contribution >= 0.6 is 34.2 Å². The number of nitrogens with zero attached hydrogens (tertiary/aromatic N) is 2. The highest BCUT2D eigenvalue weighted by Crippen LogP contribution is 2.27. The van der Waals surface area contributed by atoms with Crippen LogP contribution in [-0.2, 0) is 6.42 Å². The molecule has 2 aromatic rings. The van der Waals surface area contributed by atoms with E-state index in [-0.39, 0.29) is 0 Å². The fourth-order valence-corrected chi connectivity index (χ4v) is 2.33. The maximum atomic E-state index is 5.99. The molecular formula is C13H15ClIN3O. The lowest BCUT2D eigenvalue weighted by Gasteiger charge is -2.04. The Balaban J connectivity index is 2.10. The Kier molecular flexibility index (Phi) is 5.18. The van der Waals surface area contributed by atoms with Crippen LogP contribution in [0, 0.1) is 3.57 Å². The zero-order valence-electron chi connectivity index (χ0n) is 10.8. The molecule has 0 atom stereocenters. The van der Waals surface area contributed by atoms with Crippen molar-refractivity contribution in [3.05, 3.63) is 32.7 Å². The van der Waals surface area contributed by atoms with Crippen LogP contribution in [-0.4, -0.2) is 22.8 Å². The van der Waals surface area contributed by atoms with Crippen molar-refractivity contribution in [1.29, 1.82) is 0 Å². The van der Waals surface area contributed by atoms with Gasteiger partial charge in [-0.1, -0.05) is 25.4 Å². The molecular weight excluding hydrogens is 377 g/mol. The third-order valence-electron chi connectivity index (χ3n) is 2.52. The summed E-state index contributed by atoms with van der Waals surface area (Å²) in [5, 5.41) is 12.1. The van der Waals surface area contributed by atoms with Gasteiger partial charge in [0.1, 0.15) is 0 Å². The average Bonchev–Trinajstić information content (AvgIpc) is 2.80. The lowest BCUT2D eigenvalue weighted by Crippen LogP contribution is -2.25. The highest BCUT2D eigenvalue weighted by atomic mass is 127. The van der Waals surface area contributed by atoms with Crippen molar-refractivity contribution < 1.29 is 4.42 Å². The lowest BCUT2D eigenvalue weighted by atomic mass is 10.2. The molecule has 0 saturated heterocycles. The Labute approximate surface area is 131 Å². The number of nitrogens with one attached hydrogen (secondary N) is 1. The predicted molar refractivity (Wildman–Crippen MR) is 84.3 cm³/mol. The van der Waals surface area contributed by atoms with E-state index in [1.54, 1.807) is 0 Å². The summed E-state index contributed by atoms with van der Waals surface area (Å²) in [4.78, 5) is 0. The molecule has 0 spiro atoms. The first-order valence-corrected chi connectivity index (χ1v) is 7.53. The molecule has 6 heteroatoms. The van der Waals surface area contributed by atoms with E-state index in [9.17, 15) is 0 Å². The second-order valence-corrected chi connectivity index (χ2v) is 6.08. The van der Waals surface area contributed by atoms with Crippen LogP contribution in [0.2, 0.25) is 5.02 Å². The third kappa shape index (κ3) is 4.15. The maximum absolute atomic E-state index is 5.99. The molecule has 0 unspecified atom stereocenters. The van der Waals surface area contributed by atoms with Gasteiger partial charge >= 0.3 is 0 Å². The number of aromatic nitrogens is 2. The van der Waals surface area contributed by atoms with Crippen LogP contribution in [0.1, 0.15) is 19.7 Å². The van der Waals surface area contributed by atoms with E-state index in [4.69, 9.17) is 16.0 Å². The number of halogens is 2. The average molecular weight is 392 g/mol. The Morgan fingerprint density at radius 2 is 2.16 bits per heavy atom. The Hall–Kier alpha value is -0.660. The van der Waals surface area contributed by atoms with Crippen molar-refractivity contribution in [3.63, 3.8) is 0 Å². The fourth-order valence-electron chi connectivity index (χ4n) is 1.59. The molecule has 1 N–H and O–H groups in total. The summed E-state index contributed by atoms with van der Waals surface area (Å²) < 4.78 is 6.70. The topological polar surface area (TPSA) is 51.0 Å². The highest BCUT2D eigenvalue weighted by molar-refractivity contribution is 14.1. The molecule has 0 aliphatic carbocycles. The molecule has 102 valence electrons. The quantitative estimate of drug-likeness (QED) is 0.792. The lowest BCUT2D eigenvalue weighted by molar-refractivity contribution is 0.484. The summed E-state index contributed by atoms with van der Waals surface area (Å²) in [5.41, 5.74) is 0.878. The molecule has 0 fully saturated rings. The molecule has 2 rings (SSSR count). The van der Waals surface area contributed by atoms with Gasteiger partial charge in [-0.2, -0.15) is 0 Å². The number of hydrogen-bond donors (Lipinski definition) is 1. The fraction of sp³-hybridized carbons (Fsp3) is 0.385. The van der Waals surface area contributed by atoms with Crippen molar-refractivity contribution >= 4 is 34.2 Å². The monoisotopic (exact) mass is 391 g/mol. The van der Waals surface area contributed by atoms with Gasteiger partial charge in [0.2, 0.25) is 11.8 Å². The predicted octanol–water partition coefficient (Wildman–Crippen LogP) is 3.54. The van der Waals surface area contributed by atoms with Crippen LogP contribution in [0.15, 0.2) is 22.6 Å². The van der Waals surface area contributed by atoms with Crippen LogP contribution in [0.3, 0.4) is 0 Å². The van der Waals surface area contributed by atoms with Gasteiger partial charge in [-0.25, -0.2) is 0 Å². The van der Waals surface area contributed by atoms with E-state index in [1.165, 1.54) is 0 Å². The van der Waals surface area contributed by atoms with Gasteiger partial charge in [-0.15, -0.1) is 10.2 Å². The van der Waals surface area contributed by atoms with Crippen molar-refractivity contribution in [2.24, 2.45) is 0 Å². The molecule has 0 saturated carbocycles. The van der Waals surface area contributed by atoms with E-state index in [2.05, 4.69) is 52.0 Å². The first-order chi connectivity index (χ1) is 9.06. The summed E-state index contributed by atoms with van der Waals surface area (Å²) in [7, 11) is 0. The largest absolute Gasteiger partial charge is 0.421 e. The third-order valence-corrected chi connectivity index (χ3v) is 3.69. The molecule has 19 heavy (non-hydrogen) atoms. The minimum atomic E-state index is 0.455. The second-order valence-electron chi connectivity index (χ2n) is 4.48. The molecule has 1 aromatic heterocycles. The maximum Gasteiger partial charge on any atom is 0.248 e. The second kappa shape index (κ2) is 6.67. The van der Waals surface area contributed by atoms with Crippen molar-refractivity contribution in [3.8, 4) is 11.5 Å². The van der Waals surface area contributed by atoms with Gasteiger partial charge in [0.05, 0.1) is 5.56 Å². The van der Waals surface area contributed by atoms with Crippen molar-refractivity contribution in [2.45, 2.75) is 26.3 Å². The van der Waals surface area contributed by atoms with Crippen LogP contribution < -0.4 is 5.32 Å². The van der Waals surface area contributed by atoms with Gasteiger partial charge in [-0.3, -0.25) is 0 Å². The zero-order valence-corrected chi connectivity index (χ0v) is 13.7. The Morgan fingerprint density at radius 1 is 1.37 bits per heavy atom. The number of benzene rings is 1. The summed E-state index contributed by atoms with van der Waals surface area (Å²) in [6.07, 6.45) is 0.725. The minimum Gasteiger partial charge on any atom is -0.421 e. The van der Waals surface area contributed by atoms with E-state index in [0.717, 1.165) is 22.1 Å². The van der Waals surface area contributed by atoms with Crippen LogP contribution in [0.5, 0.6) is 0 Å². The smallest absolute Gasteiger partial charge is 0.248 e. The number of hydrogen-bond acceptors (Lipinski definition) is 4. The normalized spacial score (nSPS) is 11.2. The van der Waals surface area contributed by atoms with Gasteiger partial charge < -0.3 is 9.73 Å². The van der Waals surface area contributed by atoms with Gasteiger partial charge in [-0.05, 0) is 40.8 Å². The molecule has 0 aliphatic heterocycles. The minimum absolute atomic E-state index is 0.455. The van der Waals surface area contributed by atoms with Gasteiger partial charge in [0.25, 0.3) is 0 Å². The first-order valence-electron chi connectivity index (χ1n) is 6.07. The molecule has 0 amide bonds. The molecule has 1 heterocycles. The van der Waals surface area contributed by atoms with E-state index in [1.807, 2.05) is 18.2 Å². The molecule has 0 bridgehead atoms. The van der Waals surface area contributed by atoms with Gasteiger partial charge in [0, 0.05) is 27.6 Å². The molecule has 0 radical (unpaired) electrons. The standard InChI is InChI=1S/C13H15ClIN3O/c1-8(2)16-6-5-12-17-18-13(19-12)10-7-9(14)3-4-11(10)15/h3-4,7-8,16H,5-6H2,1-2H3. The Morgan fingerprint density at radius 3 is 2.89 bits per heavy atom. The molecule has 1 aromatic carbocycles. The van der Waals surface area contributed by atoms with E-state index >= 15 is 0 Å². The van der Waals surface area contributed by atoms with Crippen molar-refractivity contribution in [1.82, 2.24) is 15.5 Å². The summed E-state index contributed by atoms with van der Waals surface area (Å²) in [6, 6.07) is 6.07. The SMILES string of the molecule is CC(C)NCCc1nnc(-c2cc(Cl)ccc2I)o1. The summed E-state index contributed by atoms with van der Waals surface area (Å²) in [5.74, 6) is 1.16. The first kappa shape index (κ1) is 14.7. The van der Waals surface area contributed by atoms with E-state index < -0.39 is 0 Å². The highest BCUT2D eigenvalue weighted by Gasteiger charge is 2.12. The van der Waals surface area contributed by atoms with E-state index in [0.29, 0.717) is 22.8 Å². The molecule has 4 nitrogen and oxygen atoms in total. The summed E-state index contributed by atoms with van der Waals surface area (Å²) >= 11 is 8.22. The number of rotatable bonds is 5. The zero-order chi connectivity index (χ0) is 13.8. The molecule has 0 aliphatic rings. The van der Waals surface area contributed by atoms with Crippen molar-refractivity contribution in [2.75, 3.05) is 6.54 Å². The van der Waals surface area contributed by atoms with Crippen LogP contribution in [0.4, 0.5) is 0 Å². The van der Waals surface area contributed by atoms with Gasteiger partial charge in [0.15, 0.2) is 0 Å². The Bertz CT molecular complexity index is 557. The van der Waals surface area contributed by atoms with Crippen LogP contribution in [0.25, 0.3) is 11.5 Å². The summed E-state index contributed by atoms with van der Waals surface area (Å²) in [6.45, 7) is 5.03.